The average Bonchev–Trinajstić information content (AvgIpc) is 3.28. The Hall–Kier alpha value is -2.31. The van der Waals surface area contributed by atoms with E-state index in [4.69, 9.17) is 9.41 Å². The van der Waals surface area contributed by atoms with Crippen molar-refractivity contribution in [3.63, 3.8) is 0 Å². The number of guanidine groups is 1. The van der Waals surface area contributed by atoms with Gasteiger partial charge in [-0.25, -0.2) is 4.98 Å². The zero-order valence-electron chi connectivity index (χ0n) is 16.0. The van der Waals surface area contributed by atoms with Crippen LogP contribution in [-0.2, 0) is 6.42 Å². The molecule has 0 spiro atoms. The molecule has 7 heteroatoms. The first-order valence-corrected chi connectivity index (χ1v) is 9.56. The molecule has 3 N–H and O–H groups in total. The first kappa shape index (κ1) is 18.5. The van der Waals surface area contributed by atoms with E-state index in [1.54, 1.807) is 6.26 Å². The quantitative estimate of drug-likeness (QED) is 0.545. The molecule has 7 nitrogen and oxygen atoms in total. The highest BCUT2D eigenvalue weighted by Crippen LogP contribution is 2.34. The number of aromatic nitrogens is 3. The van der Waals surface area contributed by atoms with Gasteiger partial charge in [-0.15, -0.1) is 0 Å². The van der Waals surface area contributed by atoms with Crippen LogP contribution in [0.25, 0.3) is 11.6 Å². The average molecular weight is 358 g/mol. The van der Waals surface area contributed by atoms with Gasteiger partial charge in [-0.05, 0) is 50.2 Å². The number of rotatable bonds is 6. The van der Waals surface area contributed by atoms with Crippen LogP contribution in [0.4, 0.5) is 0 Å². The van der Waals surface area contributed by atoms with Crippen LogP contribution in [0.1, 0.15) is 52.3 Å². The summed E-state index contributed by atoms with van der Waals surface area (Å²) < 4.78 is 5.31. The van der Waals surface area contributed by atoms with E-state index in [9.17, 15) is 0 Å². The fourth-order valence-corrected chi connectivity index (χ4v) is 3.25. The van der Waals surface area contributed by atoms with Crippen LogP contribution in [-0.4, -0.2) is 40.3 Å². The molecule has 0 amide bonds. The molecule has 1 aliphatic rings. The van der Waals surface area contributed by atoms with Crippen LogP contribution in [0.3, 0.4) is 0 Å². The van der Waals surface area contributed by atoms with Crippen LogP contribution in [0, 0.1) is 5.41 Å². The van der Waals surface area contributed by atoms with Gasteiger partial charge < -0.3 is 15.1 Å². The third-order valence-electron chi connectivity index (χ3n) is 4.92. The zero-order valence-corrected chi connectivity index (χ0v) is 16.0. The van der Waals surface area contributed by atoms with Gasteiger partial charge in [0.05, 0.1) is 6.26 Å². The van der Waals surface area contributed by atoms with Crippen molar-refractivity contribution in [2.75, 3.05) is 13.1 Å². The van der Waals surface area contributed by atoms with Gasteiger partial charge in [0.2, 0.25) is 5.82 Å². The van der Waals surface area contributed by atoms with Gasteiger partial charge in [0, 0.05) is 25.6 Å². The monoisotopic (exact) mass is 358 g/mol. The Balaban J connectivity index is 1.51. The number of furan rings is 1. The Morgan fingerprint density at radius 3 is 2.88 bits per heavy atom. The second-order valence-corrected chi connectivity index (χ2v) is 7.68. The minimum absolute atomic E-state index is 0.478. The molecule has 0 unspecified atom stereocenters. The highest BCUT2D eigenvalue weighted by atomic mass is 16.3. The van der Waals surface area contributed by atoms with Crippen molar-refractivity contribution in [2.24, 2.45) is 10.4 Å². The van der Waals surface area contributed by atoms with Crippen LogP contribution >= 0.6 is 0 Å². The minimum atomic E-state index is 0.478. The molecule has 3 rings (SSSR count). The lowest BCUT2D eigenvalue weighted by Gasteiger charge is -2.35. The summed E-state index contributed by atoms with van der Waals surface area (Å²) in [6, 6.07) is 4.19. The largest absolute Gasteiger partial charge is 0.461 e. The van der Waals surface area contributed by atoms with Gasteiger partial charge in [-0.2, -0.15) is 5.10 Å². The Labute approximate surface area is 155 Å². The summed E-state index contributed by atoms with van der Waals surface area (Å²) in [6.07, 6.45) is 7.26. The minimum Gasteiger partial charge on any atom is -0.461 e. The number of aromatic amines is 1. The number of hydrogen-bond acceptors (Lipinski definition) is 4. The van der Waals surface area contributed by atoms with Gasteiger partial charge in [-0.3, -0.25) is 10.1 Å². The molecular weight excluding hydrogens is 328 g/mol. The molecule has 0 aromatic carbocycles. The third-order valence-corrected chi connectivity index (χ3v) is 4.92. The second kappa shape index (κ2) is 8.38. The van der Waals surface area contributed by atoms with Crippen LogP contribution in [0.15, 0.2) is 27.8 Å². The predicted molar refractivity (Wildman–Crippen MR) is 103 cm³/mol. The van der Waals surface area contributed by atoms with Crippen LogP contribution in [0.2, 0.25) is 0 Å². The van der Waals surface area contributed by atoms with E-state index in [0.29, 0.717) is 36.0 Å². The topological polar surface area (TPSA) is 91.1 Å². The molecule has 0 saturated heterocycles. The van der Waals surface area contributed by atoms with Gasteiger partial charge in [-0.1, -0.05) is 13.8 Å². The molecule has 2 aromatic rings. The molecule has 0 radical (unpaired) electrons. The number of nitrogens with one attached hydrogen (secondary N) is 3. The number of hydrogen-bond donors (Lipinski definition) is 3. The van der Waals surface area contributed by atoms with Crippen molar-refractivity contribution in [3.05, 3.63) is 24.2 Å². The molecule has 0 atom stereocenters. The summed E-state index contributed by atoms with van der Waals surface area (Å²) in [5.74, 6) is 2.97. The zero-order chi connectivity index (χ0) is 18.4. The molecular formula is C19H30N6O. The summed E-state index contributed by atoms with van der Waals surface area (Å²) in [6.45, 7) is 8.32. The van der Waals surface area contributed by atoms with E-state index in [1.165, 1.54) is 25.7 Å². The van der Waals surface area contributed by atoms with Crippen molar-refractivity contribution in [3.8, 4) is 11.6 Å². The molecule has 2 heterocycles. The van der Waals surface area contributed by atoms with Gasteiger partial charge in [0.1, 0.15) is 5.82 Å². The second-order valence-electron chi connectivity index (χ2n) is 7.68. The fourth-order valence-electron chi connectivity index (χ4n) is 3.25. The van der Waals surface area contributed by atoms with Crippen molar-refractivity contribution in [2.45, 2.75) is 58.9 Å². The highest BCUT2D eigenvalue weighted by Gasteiger charge is 2.27. The van der Waals surface area contributed by atoms with E-state index < -0.39 is 0 Å². The van der Waals surface area contributed by atoms with Crippen molar-refractivity contribution < 1.29 is 4.42 Å². The summed E-state index contributed by atoms with van der Waals surface area (Å²) in [7, 11) is 0. The first-order chi connectivity index (χ1) is 12.6. The van der Waals surface area contributed by atoms with E-state index in [1.807, 2.05) is 12.1 Å². The lowest BCUT2D eigenvalue weighted by Crippen LogP contribution is -2.45. The number of aliphatic imine (C=N–C) groups is 1. The maximum absolute atomic E-state index is 5.31. The lowest BCUT2D eigenvalue weighted by atomic mass is 9.75. The first-order valence-electron chi connectivity index (χ1n) is 9.56. The van der Waals surface area contributed by atoms with Crippen molar-refractivity contribution >= 4 is 5.96 Å². The maximum atomic E-state index is 5.31. The normalized spacial score (nSPS) is 18.0. The maximum Gasteiger partial charge on any atom is 0.216 e. The van der Waals surface area contributed by atoms with Gasteiger partial charge in [0.15, 0.2) is 11.7 Å². The number of H-pyrrole nitrogens is 1. The Bertz CT molecular complexity index is 693. The van der Waals surface area contributed by atoms with Crippen LogP contribution in [0.5, 0.6) is 0 Å². The van der Waals surface area contributed by atoms with E-state index in [-0.39, 0.29) is 0 Å². The predicted octanol–water partition coefficient (Wildman–Crippen LogP) is 3.13. The van der Waals surface area contributed by atoms with Gasteiger partial charge in [0.25, 0.3) is 0 Å². The molecule has 26 heavy (non-hydrogen) atoms. The van der Waals surface area contributed by atoms with E-state index in [0.717, 1.165) is 18.3 Å². The summed E-state index contributed by atoms with van der Waals surface area (Å²) in [5, 5.41) is 14.1. The Morgan fingerprint density at radius 1 is 1.38 bits per heavy atom. The van der Waals surface area contributed by atoms with E-state index >= 15 is 0 Å². The fraction of sp³-hybridized carbons (Fsp3) is 0.632. The third kappa shape index (κ3) is 5.09. The van der Waals surface area contributed by atoms with Gasteiger partial charge >= 0.3 is 0 Å². The standard InChI is InChI=1S/C19H30N6O/c1-4-20-18(22-14-7-10-19(2,3)11-8-14)21-12-9-16-23-17(25-24-16)15-6-5-13-26-15/h5-6,13-14H,4,7-12H2,1-3H3,(H2,20,21,22)(H,23,24,25). The molecule has 1 fully saturated rings. The molecule has 1 saturated carbocycles. The summed E-state index contributed by atoms with van der Waals surface area (Å²) >= 11 is 0. The molecule has 0 aliphatic heterocycles. The SMILES string of the molecule is CCNC(=NCCc1nc(-c2ccco2)n[nH]1)NC1CCC(C)(C)CC1. The van der Waals surface area contributed by atoms with Crippen molar-refractivity contribution in [1.82, 2.24) is 25.8 Å². The molecule has 2 aromatic heterocycles. The number of nitrogens with zero attached hydrogens (tertiary/aromatic N) is 3. The van der Waals surface area contributed by atoms with E-state index in [2.05, 4.69) is 46.6 Å². The van der Waals surface area contributed by atoms with Crippen molar-refractivity contribution in [1.29, 1.82) is 0 Å². The lowest BCUT2D eigenvalue weighted by molar-refractivity contribution is 0.216. The molecule has 142 valence electrons. The molecule has 1 aliphatic carbocycles. The summed E-state index contributed by atoms with van der Waals surface area (Å²) in [4.78, 5) is 9.15. The van der Waals surface area contributed by atoms with Crippen LogP contribution < -0.4 is 10.6 Å². The Morgan fingerprint density at radius 2 is 2.19 bits per heavy atom. The Kier molecular flexibility index (Phi) is 5.96. The highest BCUT2D eigenvalue weighted by molar-refractivity contribution is 5.80. The molecule has 0 bridgehead atoms. The summed E-state index contributed by atoms with van der Waals surface area (Å²) in [5.41, 5.74) is 0.478. The smallest absolute Gasteiger partial charge is 0.216 e.